The third kappa shape index (κ3) is 5.10. The molecule has 124 valence electrons. The van der Waals surface area contributed by atoms with Gasteiger partial charge in [-0.3, -0.25) is 4.79 Å². The van der Waals surface area contributed by atoms with E-state index in [1.165, 1.54) is 0 Å². The van der Waals surface area contributed by atoms with Gasteiger partial charge in [-0.1, -0.05) is 38.5 Å². The maximum atomic E-state index is 12.4. The number of carbonyl (C=O) groups is 1. The highest BCUT2D eigenvalue weighted by molar-refractivity contribution is 7.89. The minimum absolute atomic E-state index is 0.0117. The van der Waals surface area contributed by atoms with Crippen LogP contribution in [0.25, 0.3) is 0 Å². The largest absolute Gasteiger partial charge is 0.352 e. The topological polar surface area (TPSA) is 75.3 Å². The van der Waals surface area contributed by atoms with Crippen LogP contribution in [0.3, 0.4) is 0 Å². The van der Waals surface area contributed by atoms with E-state index in [0.717, 1.165) is 12.0 Å². The molecule has 0 aliphatic carbocycles. The van der Waals surface area contributed by atoms with Gasteiger partial charge < -0.3 is 5.32 Å². The first kappa shape index (κ1) is 18.6. The van der Waals surface area contributed by atoms with Crippen molar-refractivity contribution in [2.24, 2.45) is 5.92 Å². The molecule has 2 N–H and O–H groups in total. The molecule has 0 aliphatic heterocycles. The van der Waals surface area contributed by atoms with E-state index in [-0.39, 0.29) is 22.8 Å². The molecular weight excluding hydrogens is 300 g/mol. The van der Waals surface area contributed by atoms with Crippen molar-refractivity contribution in [1.82, 2.24) is 10.0 Å². The predicted octanol–water partition coefficient (Wildman–Crippen LogP) is 2.21. The first-order valence-corrected chi connectivity index (χ1v) is 9.05. The van der Waals surface area contributed by atoms with Gasteiger partial charge in [0.1, 0.15) is 6.04 Å². The van der Waals surface area contributed by atoms with Crippen molar-refractivity contribution in [2.75, 3.05) is 0 Å². The molecule has 0 saturated heterocycles. The number of carbonyl (C=O) groups excluding carboxylic acids is 1. The molecule has 0 aromatic heterocycles. The summed E-state index contributed by atoms with van der Waals surface area (Å²) in [7, 11) is -3.72. The zero-order chi connectivity index (χ0) is 16.9. The number of amides is 1. The molecule has 0 unspecified atom stereocenters. The SMILES string of the molecule is CC[C@H](C)NC(=O)[C@@H](NS(=O)(=O)c1ccc(C)cc1)C(C)C. The van der Waals surface area contributed by atoms with E-state index >= 15 is 0 Å². The van der Waals surface area contributed by atoms with E-state index in [1.807, 2.05) is 34.6 Å². The number of benzene rings is 1. The Labute approximate surface area is 133 Å². The second kappa shape index (κ2) is 7.74. The average molecular weight is 326 g/mol. The van der Waals surface area contributed by atoms with Crippen molar-refractivity contribution in [1.29, 1.82) is 0 Å². The standard InChI is InChI=1S/C16H26N2O3S/c1-6-13(5)17-16(19)15(11(2)3)18-22(20,21)14-9-7-12(4)8-10-14/h7-11,13,15,18H,6H2,1-5H3,(H,17,19)/t13-,15-/m0/s1. The number of hydrogen-bond acceptors (Lipinski definition) is 3. The number of nitrogens with one attached hydrogen (secondary N) is 2. The summed E-state index contributed by atoms with van der Waals surface area (Å²) in [6.07, 6.45) is 0.793. The molecule has 22 heavy (non-hydrogen) atoms. The monoisotopic (exact) mass is 326 g/mol. The summed E-state index contributed by atoms with van der Waals surface area (Å²) in [6, 6.07) is 5.78. The lowest BCUT2D eigenvalue weighted by Crippen LogP contribution is -2.51. The lowest BCUT2D eigenvalue weighted by atomic mass is 10.0. The van der Waals surface area contributed by atoms with Crippen LogP contribution in [-0.2, 0) is 14.8 Å². The maximum absolute atomic E-state index is 12.4. The summed E-state index contributed by atoms with van der Waals surface area (Å²) in [4.78, 5) is 12.4. The minimum Gasteiger partial charge on any atom is -0.352 e. The van der Waals surface area contributed by atoms with Crippen LogP contribution < -0.4 is 10.0 Å². The molecule has 6 heteroatoms. The molecule has 0 spiro atoms. The van der Waals surface area contributed by atoms with Gasteiger partial charge in [0.15, 0.2) is 0 Å². The molecule has 1 rings (SSSR count). The fourth-order valence-corrected chi connectivity index (χ4v) is 3.22. The number of sulfonamides is 1. The van der Waals surface area contributed by atoms with Gasteiger partial charge >= 0.3 is 0 Å². The smallest absolute Gasteiger partial charge is 0.241 e. The van der Waals surface area contributed by atoms with Crippen molar-refractivity contribution in [3.8, 4) is 0 Å². The van der Waals surface area contributed by atoms with Crippen molar-refractivity contribution >= 4 is 15.9 Å². The van der Waals surface area contributed by atoms with Gasteiger partial charge in [0.25, 0.3) is 0 Å². The van der Waals surface area contributed by atoms with Crippen LogP contribution in [0.5, 0.6) is 0 Å². The van der Waals surface area contributed by atoms with Gasteiger partial charge in [-0.2, -0.15) is 4.72 Å². The highest BCUT2D eigenvalue weighted by atomic mass is 32.2. The van der Waals surface area contributed by atoms with Gasteiger partial charge in [0.05, 0.1) is 4.90 Å². The highest BCUT2D eigenvalue weighted by Gasteiger charge is 2.28. The zero-order valence-corrected chi connectivity index (χ0v) is 14.7. The van der Waals surface area contributed by atoms with Gasteiger partial charge in [-0.15, -0.1) is 0 Å². The summed E-state index contributed by atoms with van der Waals surface area (Å²) in [5, 5.41) is 2.83. The molecule has 1 amide bonds. The Morgan fingerprint density at radius 1 is 1.14 bits per heavy atom. The molecule has 0 radical (unpaired) electrons. The number of aryl methyl sites for hydroxylation is 1. The third-order valence-corrected chi connectivity index (χ3v) is 5.02. The van der Waals surface area contributed by atoms with E-state index < -0.39 is 16.1 Å². The van der Waals surface area contributed by atoms with Crippen LogP contribution >= 0.6 is 0 Å². The van der Waals surface area contributed by atoms with E-state index in [4.69, 9.17) is 0 Å². The lowest BCUT2D eigenvalue weighted by molar-refractivity contribution is -0.124. The molecule has 2 atom stereocenters. The van der Waals surface area contributed by atoms with E-state index in [1.54, 1.807) is 24.3 Å². The van der Waals surface area contributed by atoms with Crippen LogP contribution in [-0.4, -0.2) is 26.4 Å². The molecule has 1 aromatic rings. The van der Waals surface area contributed by atoms with E-state index in [0.29, 0.717) is 0 Å². The Bertz CT molecular complexity index is 594. The van der Waals surface area contributed by atoms with Crippen LogP contribution in [0.1, 0.15) is 39.7 Å². The Kier molecular flexibility index (Phi) is 6.56. The molecule has 0 bridgehead atoms. The fraction of sp³-hybridized carbons (Fsp3) is 0.562. The Morgan fingerprint density at radius 2 is 1.68 bits per heavy atom. The summed E-state index contributed by atoms with van der Waals surface area (Å²) >= 11 is 0. The van der Waals surface area contributed by atoms with Crippen molar-refractivity contribution in [3.63, 3.8) is 0 Å². The first-order valence-electron chi connectivity index (χ1n) is 7.56. The van der Waals surface area contributed by atoms with Gasteiger partial charge in [0.2, 0.25) is 15.9 Å². The minimum atomic E-state index is -3.72. The van der Waals surface area contributed by atoms with Crippen LogP contribution in [0.2, 0.25) is 0 Å². The first-order chi connectivity index (χ1) is 10.2. The van der Waals surface area contributed by atoms with Crippen LogP contribution in [0, 0.1) is 12.8 Å². The van der Waals surface area contributed by atoms with Crippen molar-refractivity contribution in [2.45, 2.75) is 58.0 Å². The number of hydrogen-bond donors (Lipinski definition) is 2. The Balaban J connectivity index is 2.94. The second-order valence-corrected chi connectivity index (χ2v) is 7.69. The second-order valence-electron chi connectivity index (χ2n) is 5.97. The molecule has 0 aliphatic rings. The summed E-state index contributed by atoms with van der Waals surface area (Å²) < 4.78 is 27.4. The normalized spacial score (nSPS) is 14.6. The molecule has 0 fully saturated rings. The molecular formula is C16H26N2O3S. The van der Waals surface area contributed by atoms with E-state index in [2.05, 4.69) is 10.0 Å². The fourth-order valence-electron chi connectivity index (χ4n) is 1.88. The number of rotatable bonds is 7. The molecule has 5 nitrogen and oxygen atoms in total. The maximum Gasteiger partial charge on any atom is 0.241 e. The average Bonchev–Trinajstić information content (AvgIpc) is 2.44. The quantitative estimate of drug-likeness (QED) is 0.806. The summed E-state index contributed by atoms with van der Waals surface area (Å²) in [5.41, 5.74) is 0.980. The van der Waals surface area contributed by atoms with Gasteiger partial charge in [0, 0.05) is 6.04 Å². The summed E-state index contributed by atoms with van der Waals surface area (Å²) in [5.74, 6) is -0.440. The van der Waals surface area contributed by atoms with E-state index in [9.17, 15) is 13.2 Å². The Morgan fingerprint density at radius 3 is 2.14 bits per heavy atom. The summed E-state index contributed by atoms with van der Waals surface area (Å²) in [6.45, 7) is 9.38. The molecule has 0 saturated carbocycles. The predicted molar refractivity (Wildman–Crippen MR) is 88.0 cm³/mol. The van der Waals surface area contributed by atoms with Crippen LogP contribution in [0.4, 0.5) is 0 Å². The van der Waals surface area contributed by atoms with Crippen LogP contribution in [0.15, 0.2) is 29.2 Å². The zero-order valence-electron chi connectivity index (χ0n) is 13.9. The van der Waals surface area contributed by atoms with Crippen molar-refractivity contribution in [3.05, 3.63) is 29.8 Å². The highest BCUT2D eigenvalue weighted by Crippen LogP contribution is 2.13. The van der Waals surface area contributed by atoms with Crippen molar-refractivity contribution < 1.29 is 13.2 Å². The Hall–Kier alpha value is -1.40. The molecule has 0 heterocycles. The lowest BCUT2D eigenvalue weighted by Gasteiger charge is -2.23. The third-order valence-electron chi connectivity index (χ3n) is 3.56. The van der Waals surface area contributed by atoms with Gasteiger partial charge in [-0.25, -0.2) is 8.42 Å². The molecule has 1 aromatic carbocycles. The van der Waals surface area contributed by atoms with Gasteiger partial charge in [-0.05, 0) is 38.3 Å².